The Morgan fingerprint density at radius 1 is 0.750 bits per heavy atom. The lowest BCUT2D eigenvalue weighted by molar-refractivity contribution is 0.415. The van der Waals surface area contributed by atoms with Crippen LogP contribution in [0.4, 0.5) is 0 Å². The SMILES string of the molecule is COc1ccc(-c2cc3ccc(C)cc3c3c(C)cccc23)cc1. The molecule has 0 aromatic heterocycles. The van der Waals surface area contributed by atoms with E-state index in [1.165, 1.54) is 43.8 Å². The Bertz CT molecular complexity index is 1040. The molecule has 0 radical (unpaired) electrons. The molecular formula is C23H20O. The number of benzene rings is 4. The van der Waals surface area contributed by atoms with Crippen LogP contribution in [0.3, 0.4) is 0 Å². The van der Waals surface area contributed by atoms with Crippen LogP contribution in [0.5, 0.6) is 5.75 Å². The summed E-state index contributed by atoms with van der Waals surface area (Å²) in [6, 6.07) is 23.9. The zero-order valence-corrected chi connectivity index (χ0v) is 14.3. The molecule has 118 valence electrons. The van der Waals surface area contributed by atoms with Crippen LogP contribution in [0.15, 0.2) is 66.7 Å². The largest absolute Gasteiger partial charge is 0.497 e. The summed E-state index contributed by atoms with van der Waals surface area (Å²) in [7, 11) is 1.70. The third-order valence-corrected chi connectivity index (χ3v) is 4.74. The van der Waals surface area contributed by atoms with Crippen molar-refractivity contribution < 1.29 is 4.74 Å². The van der Waals surface area contributed by atoms with Gasteiger partial charge in [-0.25, -0.2) is 0 Å². The first-order valence-electron chi connectivity index (χ1n) is 8.24. The minimum absolute atomic E-state index is 0.885. The normalized spacial score (nSPS) is 11.1. The van der Waals surface area contributed by atoms with Crippen molar-refractivity contribution in [3.8, 4) is 16.9 Å². The minimum Gasteiger partial charge on any atom is -0.497 e. The smallest absolute Gasteiger partial charge is 0.118 e. The van der Waals surface area contributed by atoms with Gasteiger partial charge < -0.3 is 4.74 Å². The Balaban J connectivity index is 2.10. The van der Waals surface area contributed by atoms with Crippen LogP contribution in [0, 0.1) is 13.8 Å². The van der Waals surface area contributed by atoms with Crippen molar-refractivity contribution >= 4 is 21.5 Å². The zero-order valence-electron chi connectivity index (χ0n) is 14.3. The van der Waals surface area contributed by atoms with Gasteiger partial charge in [0.2, 0.25) is 0 Å². The predicted molar refractivity (Wildman–Crippen MR) is 103 cm³/mol. The van der Waals surface area contributed by atoms with E-state index in [-0.39, 0.29) is 0 Å². The second-order valence-electron chi connectivity index (χ2n) is 6.37. The van der Waals surface area contributed by atoms with Gasteiger partial charge in [0, 0.05) is 0 Å². The van der Waals surface area contributed by atoms with Gasteiger partial charge in [0.25, 0.3) is 0 Å². The maximum Gasteiger partial charge on any atom is 0.118 e. The molecule has 0 aliphatic carbocycles. The van der Waals surface area contributed by atoms with E-state index in [2.05, 4.69) is 68.4 Å². The van der Waals surface area contributed by atoms with Crippen molar-refractivity contribution in [1.29, 1.82) is 0 Å². The molecule has 0 unspecified atom stereocenters. The molecule has 0 aliphatic heterocycles. The van der Waals surface area contributed by atoms with E-state index in [1.807, 2.05) is 12.1 Å². The Morgan fingerprint density at radius 3 is 2.29 bits per heavy atom. The maximum absolute atomic E-state index is 5.30. The number of hydrogen-bond donors (Lipinski definition) is 0. The van der Waals surface area contributed by atoms with Gasteiger partial charge in [-0.2, -0.15) is 0 Å². The highest BCUT2D eigenvalue weighted by Crippen LogP contribution is 2.37. The van der Waals surface area contributed by atoms with Crippen LogP contribution in [-0.4, -0.2) is 7.11 Å². The number of aryl methyl sites for hydroxylation is 2. The molecule has 24 heavy (non-hydrogen) atoms. The molecule has 0 heterocycles. The number of rotatable bonds is 2. The molecule has 0 N–H and O–H groups in total. The van der Waals surface area contributed by atoms with Gasteiger partial charge >= 0.3 is 0 Å². The fourth-order valence-corrected chi connectivity index (χ4v) is 3.50. The predicted octanol–water partition coefficient (Wildman–Crippen LogP) is 6.29. The van der Waals surface area contributed by atoms with E-state index in [4.69, 9.17) is 4.74 Å². The van der Waals surface area contributed by atoms with Crippen molar-refractivity contribution in [2.24, 2.45) is 0 Å². The van der Waals surface area contributed by atoms with Crippen LogP contribution in [0.2, 0.25) is 0 Å². The molecule has 1 nitrogen and oxygen atoms in total. The second kappa shape index (κ2) is 5.68. The lowest BCUT2D eigenvalue weighted by atomic mass is 9.90. The minimum atomic E-state index is 0.885. The quantitative estimate of drug-likeness (QED) is 0.395. The highest BCUT2D eigenvalue weighted by Gasteiger charge is 2.10. The molecule has 0 bridgehead atoms. The summed E-state index contributed by atoms with van der Waals surface area (Å²) in [6.07, 6.45) is 0. The monoisotopic (exact) mass is 312 g/mol. The number of ether oxygens (including phenoxy) is 1. The maximum atomic E-state index is 5.30. The fraction of sp³-hybridized carbons (Fsp3) is 0.130. The van der Waals surface area contributed by atoms with Crippen molar-refractivity contribution in [2.45, 2.75) is 13.8 Å². The van der Waals surface area contributed by atoms with Crippen LogP contribution in [0.25, 0.3) is 32.7 Å². The fourth-order valence-electron chi connectivity index (χ4n) is 3.50. The van der Waals surface area contributed by atoms with Gasteiger partial charge in [-0.1, -0.05) is 54.1 Å². The van der Waals surface area contributed by atoms with Gasteiger partial charge in [0.1, 0.15) is 5.75 Å². The van der Waals surface area contributed by atoms with E-state index < -0.39 is 0 Å². The molecule has 0 spiro atoms. The van der Waals surface area contributed by atoms with Crippen LogP contribution in [-0.2, 0) is 0 Å². The van der Waals surface area contributed by atoms with E-state index in [1.54, 1.807) is 7.11 Å². The van der Waals surface area contributed by atoms with E-state index >= 15 is 0 Å². The molecule has 0 saturated heterocycles. The molecule has 4 aromatic carbocycles. The van der Waals surface area contributed by atoms with Gasteiger partial charge in [0.15, 0.2) is 0 Å². The van der Waals surface area contributed by atoms with Crippen molar-refractivity contribution in [2.75, 3.05) is 7.11 Å². The Kier molecular flexibility index (Phi) is 3.50. The van der Waals surface area contributed by atoms with Crippen LogP contribution < -0.4 is 4.74 Å². The summed E-state index contributed by atoms with van der Waals surface area (Å²) in [6.45, 7) is 4.35. The molecule has 4 aromatic rings. The first kappa shape index (κ1) is 14.8. The summed E-state index contributed by atoms with van der Waals surface area (Å²) < 4.78 is 5.30. The summed E-state index contributed by atoms with van der Waals surface area (Å²) in [5.41, 5.74) is 5.10. The zero-order chi connectivity index (χ0) is 16.7. The molecule has 4 rings (SSSR count). The summed E-state index contributed by atoms with van der Waals surface area (Å²) in [5, 5.41) is 5.27. The highest BCUT2D eigenvalue weighted by atomic mass is 16.5. The lowest BCUT2D eigenvalue weighted by Gasteiger charge is -2.14. The van der Waals surface area contributed by atoms with Crippen molar-refractivity contribution in [3.63, 3.8) is 0 Å². The standard InChI is InChI=1S/C23H20O/c1-15-7-8-18-14-21(17-9-11-19(24-3)12-10-17)20-6-4-5-16(2)23(20)22(18)13-15/h4-14H,1-3H3. The first-order valence-corrected chi connectivity index (χ1v) is 8.24. The molecule has 0 saturated carbocycles. The topological polar surface area (TPSA) is 9.23 Å². The van der Waals surface area contributed by atoms with Crippen molar-refractivity contribution in [3.05, 3.63) is 77.9 Å². The average molecular weight is 312 g/mol. The second-order valence-corrected chi connectivity index (χ2v) is 6.37. The average Bonchev–Trinajstić information content (AvgIpc) is 2.61. The van der Waals surface area contributed by atoms with Gasteiger partial charge in [-0.15, -0.1) is 0 Å². The number of methoxy groups -OCH3 is 1. The number of fused-ring (bicyclic) bond motifs is 3. The summed E-state index contributed by atoms with van der Waals surface area (Å²) in [5.74, 6) is 0.885. The molecule has 0 atom stereocenters. The highest BCUT2D eigenvalue weighted by molar-refractivity contribution is 6.15. The third-order valence-electron chi connectivity index (χ3n) is 4.74. The van der Waals surface area contributed by atoms with Crippen LogP contribution >= 0.6 is 0 Å². The van der Waals surface area contributed by atoms with E-state index in [9.17, 15) is 0 Å². The van der Waals surface area contributed by atoms with Gasteiger partial charge in [0.05, 0.1) is 7.11 Å². The summed E-state index contributed by atoms with van der Waals surface area (Å²) in [4.78, 5) is 0. The first-order chi connectivity index (χ1) is 11.7. The number of hydrogen-bond acceptors (Lipinski definition) is 1. The van der Waals surface area contributed by atoms with E-state index in [0.717, 1.165) is 5.75 Å². The molecule has 1 heteroatoms. The van der Waals surface area contributed by atoms with Gasteiger partial charge in [-0.05, 0) is 70.3 Å². The third kappa shape index (κ3) is 2.33. The summed E-state index contributed by atoms with van der Waals surface area (Å²) >= 11 is 0. The van der Waals surface area contributed by atoms with E-state index in [0.29, 0.717) is 0 Å². The molecule has 0 aliphatic rings. The van der Waals surface area contributed by atoms with Gasteiger partial charge in [-0.3, -0.25) is 0 Å². The molecule has 0 fully saturated rings. The lowest BCUT2D eigenvalue weighted by Crippen LogP contribution is -1.88. The Morgan fingerprint density at radius 2 is 1.54 bits per heavy atom. The Hall–Kier alpha value is -2.80. The molecule has 0 amide bonds. The van der Waals surface area contributed by atoms with Crippen molar-refractivity contribution in [1.82, 2.24) is 0 Å². The Labute approximate surface area is 142 Å². The molecular weight excluding hydrogens is 292 g/mol. The van der Waals surface area contributed by atoms with Crippen LogP contribution in [0.1, 0.15) is 11.1 Å².